The van der Waals surface area contributed by atoms with Gasteiger partial charge in [0.25, 0.3) is 5.91 Å². The topological polar surface area (TPSA) is 112 Å². The molecule has 2 heterocycles. The van der Waals surface area contributed by atoms with Gasteiger partial charge in [-0.05, 0) is 35.7 Å². The lowest BCUT2D eigenvalue weighted by Gasteiger charge is -2.25. The Kier molecular flexibility index (Phi) is 5.19. The van der Waals surface area contributed by atoms with Crippen molar-refractivity contribution >= 4 is 29.1 Å². The van der Waals surface area contributed by atoms with Crippen LogP contribution in [0.5, 0.6) is 0 Å². The lowest BCUT2D eigenvalue weighted by molar-refractivity contribution is -0.130. The number of hydrazone groups is 1. The Morgan fingerprint density at radius 1 is 1.37 bits per heavy atom. The van der Waals surface area contributed by atoms with Gasteiger partial charge in [0.2, 0.25) is 5.91 Å². The Labute approximate surface area is 161 Å². The maximum atomic E-state index is 11.9. The van der Waals surface area contributed by atoms with Crippen LogP contribution in [0.25, 0.3) is 0 Å². The van der Waals surface area contributed by atoms with E-state index in [1.54, 1.807) is 24.4 Å². The summed E-state index contributed by atoms with van der Waals surface area (Å²) in [5.41, 5.74) is 8.39. The van der Waals surface area contributed by atoms with Crippen LogP contribution in [0.3, 0.4) is 0 Å². The van der Waals surface area contributed by atoms with Crippen LogP contribution in [0.4, 0.5) is 0 Å². The van der Waals surface area contributed by atoms with Gasteiger partial charge in [0.15, 0.2) is 0 Å². The minimum absolute atomic E-state index is 0.0931. The largest absolute Gasteiger partial charge is 0.364 e. The van der Waals surface area contributed by atoms with E-state index < -0.39 is 11.8 Å². The summed E-state index contributed by atoms with van der Waals surface area (Å²) in [6.07, 6.45) is 2.36. The first-order chi connectivity index (χ1) is 12.9. The van der Waals surface area contributed by atoms with Crippen LogP contribution in [0.1, 0.15) is 34.7 Å². The molecule has 8 heteroatoms. The molecule has 0 saturated heterocycles. The first-order valence-corrected chi connectivity index (χ1v) is 8.55. The first kappa shape index (κ1) is 18.5. The van der Waals surface area contributed by atoms with Crippen LogP contribution in [0.2, 0.25) is 5.02 Å². The molecule has 0 aliphatic carbocycles. The Morgan fingerprint density at radius 3 is 2.70 bits per heavy atom. The number of benzene rings is 1. The Balaban J connectivity index is 1.82. The van der Waals surface area contributed by atoms with Crippen molar-refractivity contribution in [2.75, 3.05) is 7.05 Å². The third kappa shape index (κ3) is 3.96. The van der Waals surface area contributed by atoms with E-state index >= 15 is 0 Å². The number of nitriles is 1. The molecular formula is C19H16ClN5O2. The van der Waals surface area contributed by atoms with Crippen LogP contribution in [0, 0.1) is 11.3 Å². The van der Waals surface area contributed by atoms with Gasteiger partial charge >= 0.3 is 0 Å². The molecule has 0 fully saturated rings. The summed E-state index contributed by atoms with van der Waals surface area (Å²) < 4.78 is 0. The zero-order valence-electron chi connectivity index (χ0n) is 14.5. The molecule has 1 aromatic carbocycles. The van der Waals surface area contributed by atoms with Gasteiger partial charge < -0.3 is 5.73 Å². The molecule has 27 heavy (non-hydrogen) atoms. The third-order valence-electron chi connectivity index (χ3n) is 4.35. The molecular weight excluding hydrogens is 366 g/mol. The van der Waals surface area contributed by atoms with Crippen LogP contribution in [-0.4, -0.2) is 34.6 Å². The van der Waals surface area contributed by atoms with Crippen LogP contribution in [-0.2, 0) is 16.0 Å². The van der Waals surface area contributed by atoms with Gasteiger partial charge in [0, 0.05) is 19.7 Å². The van der Waals surface area contributed by atoms with E-state index in [1.807, 2.05) is 18.2 Å². The highest BCUT2D eigenvalue weighted by Crippen LogP contribution is 2.26. The number of primary amides is 1. The summed E-state index contributed by atoms with van der Waals surface area (Å²) in [7, 11) is 1.49. The Hall–Kier alpha value is -3.24. The highest BCUT2D eigenvalue weighted by atomic mass is 35.5. The molecule has 2 amide bonds. The summed E-state index contributed by atoms with van der Waals surface area (Å²) in [4.78, 5) is 28.0. The molecule has 1 aromatic heterocycles. The molecule has 3 rings (SSSR count). The molecule has 136 valence electrons. The fourth-order valence-corrected chi connectivity index (χ4v) is 3.14. The summed E-state index contributed by atoms with van der Waals surface area (Å²) >= 11 is 6.06. The number of halogens is 1. The maximum absolute atomic E-state index is 11.9. The first-order valence-electron chi connectivity index (χ1n) is 8.17. The number of nitrogens with zero attached hydrogens (tertiary/aromatic N) is 4. The van der Waals surface area contributed by atoms with Crippen molar-refractivity contribution in [1.29, 1.82) is 5.26 Å². The summed E-state index contributed by atoms with van der Waals surface area (Å²) in [6, 6.07) is 10.9. The molecule has 0 spiro atoms. The summed E-state index contributed by atoms with van der Waals surface area (Å²) in [6.45, 7) is 0. The number of nitrogens with two attached hydrogens (primary N) is 1. The van der Waals surface area contributed by atoms with E-state index in [1.165, 1.54) is 7.05 Å². The lowest BCUT2D eigenvalue weighted by atomic mass is 9.92. The second-order valence-corrected chi connectivity index (χ2v) is 6.62. The number of hydrogen-bond donors (Lipinski definition) is 1. The second-order valence-electron chi connectivity index (χ2n) is 6.22. The molecule has 7 nitrogen and oxygen atoms in total. The molecule has 1 atom stereocenters. The molecule has 1 aliphatic heterocycles. The van der Waals surface area contributed by atoms with Crippen molar-refractivity contribution in [1.82, 2.24) is 9.99 Å². The number of carbonyl (C=O) groups excluding carboxylic acids is 2. The SMILES string of the molecule is CN1N=C(C(N)=O)C(c2ccc(Cc3ccc(C#N)c(Cl)c3)cn2)CC1=O. The van der Waals surface area contributed by atoms with Crippen molar-refractivity contribution in [2.24, 2.45) is 10.8 Å². The van der Waals surface area contributed by atoms with E-state index in [0.717, 1.165) is 16.1 Å². The number of rotatable bonds is 4. The van der Waals surface area contributed by atoms with Gasteiger partial charge in [-0.3, -0.25) is 14.6 Å². The third-order valence-corrected chi connectivity index (χ3v) is 4.66. The fourth-order valence-electron chi connectivity index (χ4n) is 2.90. The van der Waals surface area contributed by atoms with Crippen molar-refractivity contribution in [2.45, 2.75) is 18.8 Å². The zero-order chi connectivity index (χ0) is 19.6. The van der Waals surface area contributed by atoms with Gasteiger partial charge in [-0.25, -0.2) is 5.01 Å². The minimum Gasteiger partial charge on any atom is -0.364 e. The normalized spacial score (nSPS) is 16.6. The van der Waals surface area contributed by atoms with Crippen LogP contribution in [0.15, 0.2) is 41.6 Å². The fraction of sp³-hybridized carbons (Fsp3) is 0.211. The van der Waals surface area contributed by atoms with E-state index in [0.29, 0.717) is 22.7 Å². The number of pyridine rings is 1. The molecule has 2 N–H and O–H groups in total. The lowest BCUT2D eigenvalue weighted by Crippen LogP contribution is -2.39. The quantitative estimate of drug-likeness (QED) is 0.872. The molecule has 0 bridgehead atoms. The molecule has 0 radical (unpaired) electrons. The van der Waals surface area contributed by atoms with E-state index in [9.17, 15) is 9.59 Å². The van der Waals surface area contributed by atoms with Gasteiger partial charge in [0.05, 0.1) is 22.2 Å². The zero-order valence-corrected chi connectivity index (χ0v) is 15.3. The predicted octanol–water partition coefficient (Wildman–Crippen LogP) is 1.98. The van der Waals surface area contributed by atoms with Crippen molar-refractivity contribution < 1.29 is 9.59 Å². The average molecular weight is 382 g/mol. The van der Waals surface area contributed by atoms with Crippen LogP contribution < -0.4 is 5.73 Å². The highest BCUT2D eigenvalue weighted by molar-refractivity contribution is 6.41. The average Bonchev–Trinajstić information content (AvgIpc) is 2.64. The number of carbonyl (C=O) groups is 2. The molecule has 0 saturated carbocycles. The second kappa shape index (κ2) is 7.56. The summed E-state index contributed by atoms with van der Waals surface area (Å²) in [5.74, 6) is -1.43. The maximum Gasteiger partial charge on any atom is 0.265 e. The minimum atomic E-state index is -0.669. The van der Waals surface area contributed by atoms with E-state index in [4.69, 9.17) is 22.6 Å². The van der Waals surface area contributed by atoms with E-state index in [2.05, 4.69) is 10.1 Å². The standard InChI is InChI=1S/C19H16ClN5O2/c1-25-17(26)8-14(18(24-25)19(22)27)16-5-3-12(10-23-16)6-11-2-4-13(9-21)15(20)7-11/h2-5,7,10,14H,6,8H2,1H3,(H2,22,27). The smallest absolute Gasteiger partial charge is 0.265 e. The molecule has 1 aliphatic rings. The highest BCUT2D eigenvalue weighted by Gasteiger charge is 2.32. The van der Waals surface area contributed by atoms with Gasteiger partial charge in [-0.2, -0.15) is 10.4 Å². The van der Waals surface area contributed by atoms with Crippen molar-refractivity contribution in [3.8, 4) is 6.07 Å². The summed E-state index contributed by atoms with van der Waals surface area (Å²) in [5, 5.41) is 14.5. The molecule has 1 unspecified atom stereocenters. The monoisotopic (exact) mass is 381 g/mol. The van der Waals surface area contributed by atoms with Gasteiger partial charge in [-0.1, -0.05) is 23.7 Å². The van der Waals surface area contributed by atoms with Crippen molar-refractivity contribution in [3.63, 3.8) is 0 Å². The van der Waals surface area contributed by atoms with Gasteiger partial charge in [-0.15, -0.1) is 0 Å². The van der Waals surface area contributed by atoms with Crippen molar-refractivity contribution in [3.05, 3.63) is 63.9 Å². The van der Waals surface area contributed by atoms with Gasteiger partial charge in [0.1, 0.15) is 11.8 Å². The Bertz CT molecular complexity index is 979. The number of amides is 2. The molecule has 2 aromatic rings. The number of hydrogen-bond acceptors (Lipinski definition) is 5. The van der Waals surface area contributed by atoms with E-state index in [-0.39, 0.29) is 18.0 Å². The Morgan fingerprint density at radius 2 is 2.11 bits per heavy atom. The van der Waals surface area contributed by atoms with Crippen LogP contribution >= 0.6 is 11.6 Å². The predicted molar refractivity (Wildman–Crippen MR) is 100.0 cm³/mol. The number of aromatic nitrogens is 1.